The predicted molar refractivity (Wildman–Crippen MR) is 82.5 cm³/mol. The van der Waals surface area contributed by atoms with Crippen molar-refractivity contribution in [2.75, 3.05) is 5.32 Å². The van der Waals surface area contributed by atoms with Gasteiger partial charge < -0.3 is 10.6 Å². The third-order valence-corrected chi connectivity index (χ3v) is 4.58. The molecule has 108 valence electrons. The molecule has 0 unspecified atom stereocenters. The fraction of sp³-hybridized carbons (Fsp3) is 0.467. The van der Waals surface area contributed by atoms with Gasteiger partial charge in [0.15, 0.2) is 0 Å². The summed E-state index contributed by atoms with van der Waals surface area (Å²) in [6.07, 6.45) is 2.44. The van der Waals surface area contributed by atoms with Crippen molar-refractivity contribution < 1.29 is 9.59 Å². The molecule has 2 rings (SSSR count). The molecule has 1 saturated heterocycles. The van der Waals surface area contributed by atoms with E-state index < -0.39 is 0 Å². The van der Waals surface area contributed by atoms with Crippen LogP contribution in [-0.2, 0) is 9.59 Å². The normalized spacial score (nSPS) is 21.6. The largest absolute Gasteiger partial charge is 0.351 e. The Labute approximate surface area is 127 Å². The van der Waals surface area contributed by atoms with Gasteiger partial charge in [-0.1, -0.05) is 15.9 Å². The molecule has 1 aliphatic rings. The molecule has 1 aliphatic heterocycles. The van der Waals surface area contributed by atoms with Crippen LogP contribution in [0.2, 0.25) is 0 Å². The van der Waals surface area contributed by atoms with Gasteiger partial charge in [0, 0.05) is 28.5 Å². The number of aryl methyl sites for hydroxylation is 1. The number of hydrogen-bond donors (Lipinski definition) is 2. The summed E-state index contributed by atoms with van der Waals surface area (Å²) in [4.78, 5) is 23.2. The number of rotatable bonds is 4. The van der Waals surface area contributed by atoms with Crippen molar-refractivity contribution >= 4 is 33.4 Å². The first-order valence-electron chi connectivity index (χ1n) is 6.75. The summed E-state index contributed by atoms with van der Waals surface area (Å²) in [7, 11) is 0. The lowest BCUT2D eigenvalue weighted by Gasteiger charge is -2.23. The highest BCUT2D eigenvalue weighted by Gasteiger charge is 2.32. The molecule has 1 atom stereocenters. The van der Waals surface area contributed by atoms with Crippen LogP contribution in [0.5, 0.6) is 0 Å². The Hall–Kier alpha value is -1.36. The molecule has 1 heterocycles. The van der Waals surface area contributed by atoms with Gasteiger partial charge in [0.2, 0.25) is 11.8 Å². The fourth-order valence-electron chi connectivity index (χ4n) is 2.37. The molecule has 0 spiro atoms. The minimum Gasteiger partial charge on any atom is -0.351 e. The van der Waals surface area contributed by atoms with E-state index in [0.29, 0.717) is 19.3 Å². The van der Waals surface area contributed by atoms with Crippen molar-refractivity contribution in [2.24, 2.45) is 0 Å². The maximum Gasteiger partial charge on any atom is 0.224 e. The van der Waals surface area contributed by atoms with Crippen LogP contribution in [0, 0.1) is 6.92 Å². The van der Waals surface area contributed by atoms with E-state index in [1.54, 1.807) is 0 Å². The quantitative estimate of drug-likeness (QED) is 0.885. The summed E-state index contributed by atoms with van der Waals surface area (Å²) in [6, 6.07) is 5.72. The number of carbonyl (C=O) groups excluding carboxylic acids is 2. The topological polar surface area (TPSA) is 58.2 Å². The molecule has 1 aromatic rings. The summed E-state index contributed by atoms with van der Waals surface area (Å²) in [6.45, 7) is 3.98. The van der Waals surface area contributed by atoms with Gasteiger partial charge in [-0.15, -0.1) is 0 Å². The van der Waals surface area contributed by atoms with E-state index in [9.17, 15) is 9.59 Å². The Morgan fingerprint density at radius 3 is 2.85 bits per heavy atom. The van der Waals surface area contributed by atoms with E-state index in [1.807, 2.05) is 32.0 Å². The second kappa shape index (κ2) is 5.95. The van der Waals surface area contributed by atoms with Crippen molar-refractivity contribution in [2.45, 2.75) is 45.1 Å². The van der Waals surface area contributed by atoms with Gasteiger partial charge in [0.1, 0.15) is 0 Å². The minimum absolute atomic E-state index is 0.0194. The van der Waals surface area contributed by atoms with Gasteiger partial charge >= 0.3 is 0 Å². The van der Waals surface area contributed by atoms with Crippen molar-refractivity contribution in [3.05, 3.63) is 28.2 Å². The molecular formula is C15H19BrN2O2. The minimum atomic E-state index is -0.232. The first-order chi connectivity index (χ1) is 9.38. The van der Waals surface area contributed by atoms with E-state index >= 15 is 0 Å². The summed E-state index contributed by atoms with van der Waals surface area (Å²) in [5.41, 5.74) is 1.65. The number of amides is 2. The average Bonchev–Trinajstić information content (AvgIpc) is 2.72. The number of nitrogens with one attached hydrogen (secondary N) is 2. The zero-order valence-corrected chi connectivity index (χ0v) is 13.3. The monoisotopic (exact) mass is 338 g/mol. The zero-order chi connectivity index (χ0) is 14.8. The molecule has 2 amide bonds. The van der Waals surface area contributed by atoms with Gasteiger partial charge in [-0.25, -0.2) is 0 Å². The summed E-state index contributed by atoms with van der Waals surface area (Å²) in [5, 5.41) is 5.83. The second-order valence-electron chi connectivity index (χ2n) is 5.62. The molecule has 5 heteroatoms. The third kappa shape index (κ3) is 3.82. The van der Waals surface area contributed by atoms with Crippen molar-refractivity contribution in [3.8, 4) is 0 Å². The van der Waals surface area contributed by atoms with Crippen LogP contribution < -0.4 is 10.6 Å². The van der Waals surface area contributed by atoms with Crippen LogP contribution in [0.25, 0.3) is 0 Å². The Morgan fingerprint density at radius 2 is 2.25 bits per heavy atom. The zero-order valence-electron chi connectivity index (χ0n) is 11.8. The van der Waals surface area contributed by atoms with Crippen molar-refractivity contribution in [1.29, 1.82) is 0 Å². The third-order valence-electron chi connectivity index (χ3n) is 3.69. The van der Waals surface area contributed by atoms with Gasteiger partial charge in [0.25, 0.3) is 0 Å². The number of carbonyl (C=O) groups is 2. The van der Waals surface area contributed by atoms with Gasteiger partial charge in [-0.05, 0) is 50.5 Å². The molecule has 20 heavy (non-hydrogen) atoms. The van der Waals surface area contributed by atoms with E-state index in [-0.39, 0.29) is 17.4 Å². The van der Waals surface area contributed by atoms with Crippen LogP contribution in [0.3, 0.4) is 0 Å². The summed E-state index contributed by atoms with van der Waals surface area (Å²) in [5.74, 6) is 0.0607. The first kappa shape index (κ1) is 15.0. The SMILES string of the molecule is Cc1cc(NC(=O)CC[C@]2(C)CCC(=O)N2)ccc1Br. The number of benzene rings is 1. The van der Waals surface area contributed by atoms with E-state index in [2.05, 4.69) is 26.6 Å². The number of anilines is 1. The predicted octanol–water partition coefficient (Wildman–Crippen LogP) is 3.14. The highest BCUT2D eigenvalue weighted by Crippen LogP contribution is 2.25. The Kier molecular flexibility index (Phi) is 4.48. The lowest BCUT2D eigenvalue weighted by molar-refractivity contribution is -0.120. The molecular weight excluding hydrogens is 320 g/mol. The number of halogens is 1. The highest BCUT2D eigenvalue weighted by atomic mass is 79.9. The Bertz CT molecular complexity index is 545. The van der Waals surface area contributed by atoms with Crippen LogP contribution in [0.1, 0.15) is 38.2 Å². The van der Waals surface area contributed by atoms with E-state index in [4.69, 9.17) is 0 Å². The molecule has 2 N–H and O–H groups in total. The van der Waals surface area contributed by atoms with Gasteiger partial charge in [-0.3, -0.25) is 9.59 Å². The average molecular weight is 339 g/mol. The standard InChI is InChI=1S/C15H19BrN2O2/c1-10-9-11(3-4-12(10)16)17-13(19)5-7-15(2)8-6-14(20)18-15/h3-4,9H,5-8H2,1-2H3,(H,17,19)(H,18,20)/t15-/m1/s1. The molecule has 4 nitrogen and oxygen atoms in total. The summed E-state index contributed by atoms with van der Waals surface area (Å²) >= 11 is 3.43. The van der Waals surface area contributed by atoms with E-state index in [1.165, 1.54) is 0 Å². The van der Waals surface area contributed by atoms with Crippen molar-refractivity contribution in [3.63, 3.8) is 0 Å². The molecule has 0 saturated carbocycles. The first-order valence-corrected chi connectivity index (χ1v) is 7.54. The lowest BCUT2D eigenvalue weighted by atomic mass is 9.94. The van der Waals surface area contributed by atoms with Crippen LogP contribution in [0.4, 0.5) is 5.69 Å². The maximum atomic E-state index is 12.0. The van der Waals surface area contributed by atoms with Crippen LogP contribution in [0.15, 0.2) is 22.7 Å². The smallest absolute Gasteiger partial charge is 0.224 e. The maximum absolute atomic E-state index is 12.0. The molecule has 1 fully saturated rings. The highest BCUT2D eigenvalue weighted by molar-refractivity contribution is 9.10. The Morgan fingerprint density at radius 1 is 1.50 bits per heavy atom. The molecule has 0 bridgehead atoms. The fourth-order valence-corrected chi connectivity index (χ4v) is 2.62. The molecule has 0 aromatic heterocycles. The van der Waals surface area contributed by atoms with E-state index in [0.717, 1.165) is 22.1 Å². The molecule has 0 aliphatic carbocycles. The van der Waals surface area contributed by atoms with Gasteiger partial charge in [-0.2, -0.15) is 0 Å². The van der Waals surface area contributed by atoms with Crippen LogP contribution >= 0.6 is 15.9 Å². The lowest BCUT2D eigenvalue weighted by Crippen LogP contribution is -2.39. The molecule has 0 radical (unpaired) electrons. The van der Waals surface area contributed by atoms with Gasteiger partial charge in [0.05, 0.1) is 0 Å². The molecule has 1 aromatic carbocycles. The second-order valence-corrected chi connectivity index (χ2v) is 6.48. The van der Waals surface area contributed by atoms with Crippen molar-refractivity contribution in [1.82, 2.24) is 5.32 Å². The number of hydrogen-bond acceptors (Lipinski definition) is 2. The van der Waals surface area contributed by atoms with Crippen LogP contribution in [-0.4, -0.2) is 17.4 Å². The summed E-state index contributed by atoms with van der Waals surface area (Å²) < 4.78 is 1.02. The Balaban J connectivity index is 1.86.